The van der Waals surface area contributed by atoms with E-state index in [-0.39, 0.29) is 34.0 Å². The molecule has 39 heavy (non-hydrogen) atoms. The molecule has 0 aliphatic carbocycles. The van der Waals surface area contributed by atoms with Crippen molar-refractivity contribution >= 4 is 11.6 Å². The lowest BCUT2D eigenvalue weighted by molar-refractivity contribution is -0.113. The maximum Gasteiger partial charge on any atom is 0.416 e. The lowest BCUT2D eigenvalue weighted by Gasteiger charge is -2.38. The number of rotatable bonds is 11. The van der Waals surface area contributed by atoms with Crippen molar-refractivity contribution in [2.45, 2.75) is 66.6 Å². The molecule has 0 spiro atoms. The summed E-state index contributed by atoms with van der Waals surface area (Å²) in [5, 5.41) is 12.9. The number of piperidine rings is 1. The first-order valence-electron chi connectivity index (χ1n) is 12.6. The molecule has 0 radical (unpaired) electrons. The maximum atomic E-state index is 13.7. The Morgan fingerprint density at radius 3 is 2.15 bits per heavy atom. The van der Waals surface area contributed by atoms with Crippen LogP contribution in [-0.2, 0) is 4.79 Å². The standard InChI is InChI=1S/C28H41F4N5O2/c1-8-21(28(30,31)32)15-22(18(3)35-23(9-10-24(29)33)17(2)20(5)38)19(4)36-26(16-25(34)39)37-13-11-27(6,7)12-14-37/h8-10,15-18,35,38H,5,11-14,33H2,1-4,6-7H3,(H2,34,39)/b21-8+,22-15-,23-9+,24-10-,26-16+,36-19+. The van der Waals surface area contributed by atoms with E-state index in [0.717, 1.165) is 37.1 Å². The Labute approximate surface area is 228 Å². The fourth-order valence-corrected chi connectivity index (χ4v) is 3.93. The topological polar surface area (TPSA) is 117 Å². The Balaban J connectivity index is 3.65. The number of carbonyl (C=O) groups is 1. The van der Waals surface area contributed by atoms with E-state index in [2.05, 4.69) is 30.7 Å². The molecule has 2 unspecified atom stereocenters. The van der Waals surface area contributed by atoms with Crippen LogP contribution in [0.15, 0.2) is 76.3 Å². The first-order valence-corrected chi connectivity index (χ1v) is 12.6. The summed E-state index contributed by atoms with van der Waals surface area (Å²) in [6.07, 6.45) is 2.32. The fraction of sp³-hybridized carbons (Fsp3) is 0.500. The van der Waals surface area contributed by atoms with Crippen molar-refractivity contribution in [1.29, 1.82) is 0 Å². The minimum Gasteiger partial charge on any atom is -0.512 e. The van der Waals surface area contributed by atoms with E-state index in [4.69, 9.17) is 11.5 Å². The Hall–Kier alpha value is -3.50. The molecule has 0 aromatic heterocycles. The van der Waals surface area contributed by atoms with Crippen molar-refractivity contribution in [3.63, 3.8) is 0 Å². The normalized spacial score (nSPS) is 20.0. The lowest BCUT2D eigenvalue weighted by Crippen LogP contribution is -2.37. The van der Waals surface area contributed by atoms with Gasteiger partial charge in [-0.2, -0.15) is 17.6 Å². The highest BCUT2D eigenvalue weighted by Crippen LogP contribution is 2.32. The van der Waals surface area contributed by atoms with Gasteiger partial charge in [0.05, 0.1) is 23.3 Å². The van der Waals surface area contributed by atoms with Gasteiger partial charge in [-0.15, -0.1) is 0 Å². The molecule has 6 N–H and O–H groups in total. The van der Waals surface area contributed by atoms with E-state index in [1.807, 2.05) is 4.90 Å². The molecule has 1 aliphatic heterocycles. The zero-order valence-electron chi connectivity index (χ0n) is 23.5. The number of allylic oxidation sites excluding steroid dienone is 5. The van der Waals surface area contributed by atoms with Crippen LogP contribution >= 0.6 is 0 Å². The summed E-state index contributed by atoms with van der Waals surface area (Å²) in [6, 6.07) is -0.816. The molecule has 7 nitrogen and oxygen atoms in total. The Kier molecular flexibility index (Phi) is 12.1. The summed E-state index contributed by atoms with van der Waals surface area (Å²) in [4.78, 5) is 18.3. The van der Waals surface area contributed by atoms with Crippen LogP contribution in [0.25, 0.3) is 0 Å². The van der Waals surface area contributed by atoms with Gasteiger partial charge < -0.3 is 26.8 Å². The molecule has 0 aromatic carbocycles. The molecule has 1 aliphatic rings. The monoisotopic (exact) mass is 555 g/mol. The van der Waals surface area contributed by atoms with E-state index < -0.39 is 35.6 Å². The number of aliphatic hydroxyl groups excluding tert-OH is 1. The smallest absolute Gasteiger partial charge is 0.416 e. The molecular formula is C28H41F4N5O2. The van der Waals surface area contributed by atoms with Gasteiger partial charge in [0.15, 0.2) is 5.95 Å². The second-order valence-electron chi connectivity index (χ2n) is 10.3. The number of alkyl halides is 3. The number of carbonyl (C=O) groups excluding carboxylic acids is 1. The van der Waals surface area contributed by atoms with Crippen LogP contribution in [0, 0.1) is 11.3 Å². The van der Waals surface area contributed by atoms with Gasteiger partial charge in [0.1, 0.15) is 5.82 Å². The van der Waals surface area contributed by atoms with Gasteiger partial charge in [-0.3, -0.25) is 4.79 Å². The molecule has 218 valence electrons. The summed E-state index contributed by atoms with van der Waals surface area (Å²) in [5.41, 5.74) is 10.3. The van der Waals surface area contributed by atoms with E-state index in [0.29, 0.717) is 13.1 Å². The maximum absolute atomic E-state index is 13.7. The molecule has 0 saturated carbocycles. The van der Waals surface area contributed by atoms with Gasteiger partial charge in [0.2, 0.25) is 5.91 Å². The largest absolute Gasteiger partial charge is 0.512 e. The molecule has 0 aromatic rings. The van der Waals surface area contributed by atoms with Gasteiger partial charge in [0, 0.05) is 30.6 Å². The number of halogens is 4. The molecule has 2 atom stereocenters. The van der Waals surface area contributed by atoms with Crippen LogP contribution in [0.5, 0.6) is 0 Å². The SMILES string of the molecule is C=C(O)C(C)/C(=C\C=C(/N)F)NC(C)C(=C/C(=C\C)C(F)(F)F)/C(C)=N/C(=C\C(N)=O)N1CCC(C)(C)CC1. The molecule has 1 rings (SSSR count). The molecule has 1 fully saturated rings. The molecule has 11 heteroatoms. The Morgan fingerprint density at radius 2 is 1.72 bits per heavy atom. The summed E-state index contributed by atoms with van der Waals surface area (Å²) < 4.78 is 54.5. The van der Waals surface area contributed by atoms with Crippen LogP contribution in [0.3, 0.4) is 0 Å². The minimum atomic E-state index is -4.64. The van der Waals surface area contributed by atoms with Crippen LogP contribution < -0.4 is 16.8 Å². The first-order chi connectivity index (χ1) is 17.9. The number of likely N-dealkylation sites (tertiary alicyclic amines) is 1. The highest BCUT2D eigenvalue weighted by molar-refractivity contribution is 6.00. The number of nitrogens with zero attached hydrogens (tertiary/aromatic N) is 2. The van der Waals surface area contributed by atoms with Gasteiger partial charge in [0.25, 0.3) is 0 Å². The van der Waals surface area contributed by atoms with Crippen molar-refractivity contribution in [2.24, 2.45) is 27.8 Å². The third-order valence-electron chi connectivity index (χ3n) is 6.60. The van der Waals surface area contributed by atoms with Gasteiger partial charge in [-0.1, -0.05) is 26.5 Å². The quantitative estimate of drug-likeness (QED) is 0.0655. The Morgan fingerprint density at radius 1 is 1.15 bits per heavy atom. The molecule has 0 bridgehead atoms. The fourth-order valence-electron chi connectivity index (χ4n) is 3.93. The van der Waals surface area contributed by atoms with Crippen LogP contribution in [0.1, 0.15) is 54.4 Å². The number of nitrogens with one attached hydrogen (secondary N) is 1. The molecule has 1 saturated heterocycles. The number of aliphatic hydroxyl groups is 1. The molecule has 1 heterocycles. The highest BCUT2D eigenvalue weighted by atomic mass is 19.4. The predicted molar refractivity (Wildman–Crippen MR) is 148 cm³/mol. The average molecular weight is 556 g/mol. The summed E-state index contributed by atoms with van der Waals surface area (Å²) in [6.45, 7) is 14.9. The van der Waals surface area contributed by atoms with E-state index in [1.165, 1.54) is 19.9 Å². The number of hydrogen-bond acceptors (Lipinski definition) is 6. The first kappa shape index (κ1) is 33.5. The predicted octanol–water partition coefficient (Wildman–Crippen LogP) is 5.67. The molecular weight excluding hydrogens is 514 g/mol. The number of amides is 1. The number of primary amides is 1. The lowest BCUT2D eigenvalue weighted by atomic mass is 9.83. The van der Waals surface area contributed by atoms with E-state index >= 15 is 0 Å². The third-order valence-corrected chi connectivity index (χ3v) is 6.60. The number of nitrogens with two attached hydrogens (primary N) is 2. The van der Waals surface area contributed by atoms with Gasteiger partial charge in [-0.25, -0.2) is 4.99 Å². The van der Waals surface area contributed by atoms with Gasteiger partial charge >= 0.3 is 6.18 Å². The zero-order chi connectivity index (χ0) is 30.1. The van der Waals surface area contributed by atoms with Crippen LogP contribution in [0.4, 0.5) is 17.6 Å². The van der Waals surface area contributed by atoms with E-state index in [1.54, 1.807) is 13.8 Å². The second kappa shape index (κ2) is 14.0. The average Bonchev–Trinajstić information content (AvgIpc) is 2.79. The van der Waals surface area contributed by atoms with Crippen LogP contribution in [-0.4, -0.2) is 46.9 Å². The number of aliphatic imine (C=N–C) groups is 1. The van der Waals surface area contributed by atoms with Crippen molar-refractivity contribution in [3.8, 4) is 0 Å². The van der Waals surface area contributed by atoms with Crippen molar-refractivity contribution in [3.05, 3.63) is 71.3 Å². The minimum absolute atomic E-state index is 0.109. The summed E-state index contributed by atoms with van der Waals surface area (Å²) in [7, 11) is 0. The van der Waals surface area contributed by atoms with Crippen molar-refractivity contribution in [1.82, 2.24) is 10.2 Å². The molecule has 1 amide bonds. The third kappa shape index (κ3) is 11.0. The van der Waals surface area contributed by atoms with Crippen molar-refractivity contribution in [2.75, 3.05) is 13.1 Å². The zero-order valence-corrected chi connectivity index (χ0v) is 23.5. The highest BCUT2D eigenvalue weighted by Gasteiger charge is 2.33. The summed E-state index contributed by atoms with van der Waals surface area (Å²) in [5.74, 6) is -2.43. The van der Waals surface area contributed by atoms with Crippen LogP contribution in [0.2, 0.25) is 0 Å². The summed E-state index contributed by atoms with van der Waals surface area (Å²) >= 11 is 0. The van der Waals surface area contributed by atoms with Gasteiger partial charge in [-0.05, 0) is 69.8 Å². The Bertz CT molecular complexity index is 1080. The second-order valence-corrected chi connectivity index (χ2v) is 10.3. The number of hydrogen-bond donors (Lipinski definition) is 4. The van der Waals surface area contributed by atoms with E-state index in [9.17, 15) is 27.5 Å². The van der Waals surface area contributed by atoms with Crippen molar-refractivity contribution < 1.29 is 27.5 Å².